The summed E-state index contributed by atoms with van der Waals surface area (Å²) in [7, 11) is 0. The number of phenols is 2. The van der Waals surface area contributed by atoms with Gasteiger partial charge in [-0.3, -0.25) is 0 Å². The zero-order valence-electron chi connectivity index (χ0n) is 33.9. The molecule has 1 aliphatic carbocycles. The summed E-state index contributed by atoms with van der Waals surface area (Å²) >= 11 is 8.65. The summed E-state index contributed by atoms with van der Waals surface area (Å²) in [6, 6.07) is 24.9. The lowest BCUT2D eigenvalue weighted by molar-refractivity contribution is 0.299. The van der Waals surface area contributed by atoms with Crippen LogP contribution in [0, 0.1) is 0 Å². The van der Waals surface area contributed by atoms with E-state index in [1.807, 2.05) is 24.3 Å². The van der Waals surface area contributed by atoms with Crippen molar-refractivity contribution in [1.29, 1.82) is 0 Å². The molecule has 5 rings (SSSR count). The van der Waals surface area contributed by atoms with Crippen LogP contribution >= 0.6 is 25.3 Å². The second kappa shape index (κ2) is 25.2. The summed E-state index contributed by atoms with van der Waals surface area (Å²) in [5.41, 5.74) is 7.76. The highest BCUT2D eigenvalue weighted by Crippen LogP contribution is 2.38. The largest absolute Gasteiger partial charge is 0.507 e. The van der Waals surface area contributed by atoms with Crippen LogP contribution in [0.5, 0.6) is 23.0 Å². The van der Waals surface area contributed by atoms with E-state index in [0.717, 1.165) is 93.2 Å². The van der Waals surface area contributed by atoms with Crippen LogP contribution in [0.25, 0.3) is 0 Å². The van der Waals surface area contributed by atoms with E-state index >= 15 is 0 Å². The number of aromatic hydroxyl groups is 2. The van der Waals surface area contributed by atoms with E-state index in [2.05, 4.69) is 73.8 Å². The number of thiol groups is 2. The van der Waals surface area contributed by atoms with Gasteiger partial charge >= 0.3 is 0 Å². The standard InChI is InChI=1S/C50H68O4S2/c51-47-39-23-19-25-41(47)37-45-29-22-30-46(50(45)54-32-16-12-8-4-2-6-10-14-18-34-56)38-42-26-20-24-40(48(42)52)36-44-28-21-27-43(35-39)49(44)53-31-15-11-7-3-1-5-9-13-17-33-55/h19-30,51-52,55-56H,1-18,31-38H2. The average Bonchev–Trinajstić information content (AvgIpc) is 3.20. The SMILES string of the molecule is Oc1c2cccc1Cc1cccc(c1OCCCCCCCCCCCS)Cc1cccc(c1O)Cc1cccc(c1OCCCCCCCCCCCS)C2. The van der Waals surface area contributed by atoms with Gasteiger partial charge in [0.1, 0.15) is 23.0 Å². The number of hydrogen-bond donors (Lipinski definition) is 4. The molecule has 1 aliphatic rings. The maximum Gasteiger partial charge on any atom is 0.126 e. The quantitative estimate of drug-likeness (QED) is 0.0371. The van der Waals surface area contributed by atoms with Crippen LogP contribution < -0.4 is 9.47 Å². The predicted molar refractivity (Wildman–Crippen MR) is 242 cm³/mol. The summed E-state index contributed by atoms with van der Waals surface area (Å²) in [4.78, 5) is 0. The van der Waals surface area contributed by atoms with E-state index in [-0.39, 0.29) is 0 Å². The molecule has 0 atom stereocenters. The fourth-order valence-electron chi connectivity index (χ4n) is 8.14. The van der Waals surface area contributed by atoms with Crippen molar-refractivity contribution in [3.63, 3.8) is 0 Å². The number of fused-ring (bicyclic) bond motifs is 8. The molecule has 4 aromatic carbocycles. The van der Waals surface area contributed by atoms with E-state index < -0.39 is 0 Å². The molecule has 0 unspecified atom stereocenters. The molecular weight excluding hydrogens is 729 g/mol. The first-order chi connectivity index (χ1) is 27.6. The smallest absolute Gasteiger partial charge is 0.126 e. The molecule has 0 fully saturated rings. The average molecular weight is 797 g/mol. The van der Waals surface area contributed by atoms with Crippen molar-refractivity contribution < 1.29 is 19.7 Å². The number of hydrogen-bond acceptors (Lipinski definition) is 6. The van der Waals surface area contributed by atoms with Gasteiger partial charge in [0.25, 0.3) is 0 Å². The van der Waals surface area contributed by atoms with E-state index in [9.17, 15) is 10.2 Å². The molecule has 0 amide bonds. The fraction of sp³-hybridized carbons (Fsp3) is 0.520. The first-order valence-electron chi connectivity index (χ1n) is 21.9. The number of unbranched alkanes of at least 4 members (excludes halogenated alkanes) is 16. The van der Waals surface area contributed by atoms with Gasteiger partial charge in [0.05, 0.1) is 13.2 Å². The van der Waals surface area contributed by atoms with Crippen molar-refractivity contribution in [1.82, 2.24) is 0 Å². The van der Waals surface area contributed by atoms with Crippen molar-refractivity contribution in [2.45, 2.75) is 141 Å². The lowest BCUT2D eigenvalue weighted by Gasteiger charge is -2.20. The summed E-state index contributed by atoms with van der Waals surface area (Å²) in [6.45, 7) is 1.30. The first kappa shape index (κ1) is 43.9. The Morgan fingerprint density at radius 1 is 0.339 bits per heavy atom. The lowest BCUT2D eigenvalue weighted by Crippen LogP contribution is -2.07. The molecule has 0 spiro atoms. The van der Waals surface area contributed by atoms with Gasteiger partial charge in [-0.1, -0.05) is 163 Å². The molecule has 4 nitrogen and oxygen atoms in total. The molecule has 6 heteroatoms. The highest BCUT2D eigenvalue weighted by Gasteiger charge is 2.20. The van der Waals surface area contributed by atoms with E-state index in [1.54, 1.807) is 0 Å². The number of rotatable bonds is 24. The minimum absolute atomic E-state index is 0.339. The highest BCUT2D eigenvalue weighted by atomic mass is 32.1. The second-order valence-electron chi connectivity index (χ2n) is 15.9. The number of para-hydroxylation sites is 4. The van der Waals surface area contributed by atoms with Crippen LogP contribution in [0.15, 0.2) is 72.8 Å². The molecule has 0 radical (unpaired) electrons. The van der Waals surface area contributed by atoms with E-state index in [0.29, 0.717) is 50.4 Å². The van der Waals surface area contributed by atoms with Crippen LogP contribution in [0.2, 0.25) is 0 Å². The molecular formula is C50H68O4S2. The van der Waals surface area contributed by atoms with Gasteiger partial charge in [-0.2, -0.15) is 25.3 Å². The number of ether oxygens (including phenoxy) is 2. The molecule has 2 N–H and O–H groups in total. The third-order valence-corrected chi connectivity index (χ3v) is 12.0. The maximum absolute atomic E-state index is 11.8. The molecule has 0 saturated heterocycles. The minimum Gasteiger partial charge on any atom is -0.507 e. The van der Waals surface area contributed by atoms with Gasteiger partial charge in [0.15, 0.2) is 0 Å². The Balaban J connectivity index is 1.31. The third-order valence-electron chi connectivity index (χ3n) is 11.4. The van der Waals surface area contributed by atoms with Gasteiger partial charge in [-0.25, -0.2) is 0 Å². The van der Waals surface area contributed by atoms with Crippen LogP contribution in [-0.2, 0) is 25.7 Å². The monoisotopic (exact) mass is 796 g/mol. The first-order valence-corrected chi connectivity index (χ1v) is 23.1. The molecule has 8 bridgehead atoms. The van der Waals surface area contributed by atoms with Crippen LogP contribution in [-0.4, -0.2) is 34.9 Å². The highest BCUT2D eigenvalue weighted by molar-refractivity contribution is 7.80. The third kappa shape index (κ3) is 14.0. The Labute approximate surface area is 349 Å². The second-order valence-corrected chi connectivity index (χ2v) is 16.8. The normalized spacial score (nSPS) is 12.5. The van der Waals surface area contributed by atoms with Gasteiger partial charge < -0.3 is 19.7 Å². The van der Waals surface area contributed by atoms with E-state index in [1.165, 1.54) is 89.9 Å². The Morgan fingerprint density at radius 2 is 0.571 bits per heavy atom. The summed E-state index contributed by atoms with van der Waals surface area (Å²) < 4.78 is 13.3. The molecule has 0 heterocycles. The Bertz CT molecular complexity index is 1520. The zero-order valence-corrected chi connectivity index (χ0v) is 35.7. The van der Waals surface area contributed by atoms with Crippen molar-refractivity contribution in [2.75, 3.05) is 24.7 Å². The van der Waals surface area contributed by atoms with E-state index in [4.69, 9.17) is 9.47 Å². The summed E-state index contributed by atoms with van der Waals surface area (Å²) in [5, 5.41) is 23.6. The van der Waals surface area contributed by atoms with Crippen LogP contribution in [0.3, 0.4) is 0 Å². The Kier molecular flexibility index (Phi) is 19.8. The molecule has 4 aromatic rings. The Hall–Kier alpha value is -3.22. The van der Waals surface area contributed by atoms with Gasteiger partial charge in [0, 0.05) is 25.7 Å². The van der Waals surface area contributed by atoms with Gasteiger partial charge in [0.2, 0.25) is 0 Å². The molecule has 304 valence electrons. The van der Waals surface area contributed by atoms with Crippen molar-refractivity contribution in [3.8, 4) is 23.0 Å². The fourth-order valence-corrected chi connectivity index (χ4v) is 8.58. The van der Waals surface area contributed by atoms with Crippen molar-refractivity contribution in [2.24, 2.45) is 0 Å². The summed E-state index contributed by atoms with van der Waals surface area (Å²) in [6.07, 6.45) is 24.5. The topological polar surface area (TPSA) is 58.9 Å². The molecule has 0 aromatic heterocycles. The van der Waals surface area contributed by atoms with Crippen molar-refractivity contribution >= 4 is 25.3 Å². The van der Waals surface area contributed by atoms with Crippen LogP contribution in [0.1, 0.15) is 160 Å². The number of benzene rings is 4. The van der Waals surface area contributed by atoms with Gasteiger partial charge in [-0.05, 0) is 81.7 Å². The molecule has 56 heavy (non-hydrogen) atoms. The lowest BCUT2D eigenvalue weighted by atomic mass is 9.91. The van der Waals surface area contributed by atoms with Crippen molar-refractivity contribution in [3.05, 3.63) is 117 Å². The molecule has 0 saturated carbocycles. The Morgan fingerprint density at radius 3 is 0.839 bits per heavy atom. The van der Waals surface area contributed by atoms with Gasteiger partial charge in [-0.15, -0.1) is 0 Å². The molecule has 0 aliphatic heterocycles. The zero-order chi connectivity index (χ0) is 39.2. The summed E-state index contributed by atoms with van der Waals surface area (Å²) in [5.74, 6) is 4.43. The van der Waals surface area contributed by atoms with Crippen LogP contribution in [0.4, 0.5) is 0 Å². The predicted octanol–water partition coefficient (Wildman–Crippen LogP) is 13.4. The maximum atomic E-state index is 11.8. The minimum atomic E-state index is 0.339. The number of phenolic OH excluding ortho intramolecular Hbond substituents is 2.